The number of carbonyl (C=O) groups excluding carboxylic acids is 1. The first kappa shape index (κ1) is 14.8. The summed E-state index contributed by atoms with van der Waals surface area (Å²) in [6, 6.07) is 5.72. The van der Waals surface area contributed by atoms with Gasteiger partial charge in [0.15, 0.2) is 5.78 Å². The van der Waals surface area contributed by atoms with Crippen LogP contribution in [0.2, 0.25) is 0 Å². The molecule has 0 radical (unpaired) electrons. The average molecular weight is 270 g/mol. The van der Waals surface area contributed by atoms with Crippen LogP contribution in [0.1, 0.15) is 17.3 Å². The molecule has 0 aliphatic carbocycles. The van der Waals surface area contributed by atoms with E-state index >= 15 is 0 Å². The molecule has 0 amide bonds. The number of ketones is 1. The van der Waals surface area contributed by atoms with E-state index in [0.29, 0.717) is 11.3 Å². The molecule has 1 aliphatic heterocycles. The van der Waals surface area contributed by atoms with Gasteiger partial charge in [-0.05, 0) is 32.2 Å². The van der Waals surface area contributed by atoms with Gasteiger partial charge in [-0.25, -0.2) is 0 Å². The van der Waals surface area contributed by atoms with Crippen LogP contribution in [0.15, 0.2) is 18.2 Å². The molecule has 2 rings (SSSR count). The monoisotopic (exact) mass is 269 g/mol. The normalized spacial score (nSPS) is 16.2. The quantitative estimate of drug-likeness (QED) is 0.655. The van der Waals surface area contributed by atoms with E-state index in [1.807, 2.05) is 18.2 Å². The van der Waals surface area contributed by atoms with E-state index in [9.17, 15) is 4.79 Å². The van der Waals surface area contributed by atoms with Gasteiger partial charge in [0, 0.05) is 43.1 Å². The van der Waals surface area contributed by atoms with Gasteiger partial charge in [0.1, 0.15) is 0 Å². The van der Waals surface area contributed by atoms with Gasteiger partial charge in [0.05, 0.1) is 0 Å². The van der Waals surface area contributed by atoms with E-state index in [1.54, 1.807) is 6.92 Å². The highest BCUT2D eigenvalue weighted by atomic mass is 35.5. The molecule has 1 aliphatic rings. The number of Topliss-reactive ketones (excluding diaryl/α,β-unsaturated/α-hetero) is 1. The van der Waals surface area contributed by atoms with Gasteiger partial charge in [-0.2, -0.15) is 0 Å². The molecule has 0 atom stereocenters. The Morgan fingerprint density at radius 1 is 1.22 bits per heavy atom. The van der Waals surface area contributed by atoms with Crippen LogP contribution in [0.25, 0.3) is 0 Å². The van der Waals surface area contributed by atoms with Crippen molar-refractivity contribution in [3.8, 4) is 0 Å². The van der Waals surface area contributed by atoms with Gasteiger partial charge in [-0.15, -0.1) is 12.4 Å². The second-order valence-electron chi connectivity index (χ2n) is 4.62. The van der Waals surface area contributed by atoms with Crippen LogP contribution >= 0.6 is 12.4 Å². The van der Waals surface area contributed by atoms with Crippen molar-refractivity contribution in [1.82, 2.24) is 4.90 Å². The van der Waals surface area contributed by atoms with Crippen LogP contribution in [0, 0.1) is 0 Å². The fourth-order valence-corrected chi connectivity index (χ4v) is 2.11. The maximum atomic E-state index is 11.4. The van der Waals surface area contributed by atoms with Gasteiger partial charge >= 0.3 is 0 Å². The maximum absolute atomic E-state index is 11.4. The number of nitrogens with two attached hydrogens (primary N) is 1. The van der Waals surface area contributed by atoms with Crippen LogP contribution in [0.4, 0.5) is 11.4 Å². The van der Waals surface area contributed by atoms with Crippen molar-refractivity contribution in [2.75, 3.05) is 43.9 Å². The zero-order chi connectivity index (χ0) is 12.4. The molecule has 1 saturated heterocycles. The topological polar surface area (TPSA) is 49.6 Å². The number of piperazine rings is 1. The van der Waals surface area contributed by atoms with Gasteiger partial charge in [0.25, 0.3) is 0 Å². The Hall–Kier alpha value is -1.26. The summed E-state index contributed by atoms with van der Waals surface area (Å²) in [6.45, 7) is 5.66. The molecule has 5 heteroatoms. The first-order valence-electron chi connectivity index (χ1n) is 5.92. The van der Waals surface area contributed by atoms with E-state index in [4.69, 9.17) is 5.73 Å². The summed E-state index contributed by atoms with van der Waals surface area (Å²) >= 11 is 0. The maximum Gasteiger partial charge on any atom is 0.161 e. The lowest BCUT2D eigenvalue weighted by atomic mass is 10.1. The summed E-state index contributed by atoms with van der Waals surface area (Å²) in [5.74, 6) is 0.0264. The standard InChI is InChI=1S/C13H19N3O.ClH/c1-10(17)12-9-11(3-4-13(12)14)16-7-5-15(2)6-8-16;/h3-4,9H,5-8,14H2,1-2H3;1H. The highest BCUT2D eigenvalue weighted by Gasteiger charge is 2.15. The molecule has 18 heavy (non-hydrogen) atoms. The fraction of sp³-hybridized carbons (Fsp3) is 0.462. The molecule has 4 nitrogen and oxygen atoms in total. The third-order valence-corrected chi connectivity index (χ3v) is 3.28. The summed E-state index contributed by atoms with van der Waals surface area (Å²) < 4.78 is 0. The lowest BCUT2D eigenvalue weighted by Gasteiger charge is -2.34. The number of hydrogen-bond donors (Lipinski definition) is 1. The Kier molecular flexibility index (Phi) is 4.99. The molecule has 100 valence electrons. The Morgan fingerprint density at radius 2 is 1.83 bits per heavy atom. The number of halogens is 1. The molecule has 0 bridgehead atoms. The number of carbonyl (C=O) groups is 1. The van der Waals surface area contributed by atoms with Gasteiger partial charge in [0.2, 0.25) is 0 Å². The zero-order valence-electron chi connectivity index (χ0n) is 10.8. The van der Waals surface area contributed by atoms with Crippen molar-refractivity contribution in [2.45, 2.75) is 6.92 Å². The van der Waals surface area contributed by atoms with E-state index in [0.717, 1.165) is 31.9 Å². The minimum Gasteiger partial charge on any atom is -0.398 e. The van der Waals surface area contributed by atoms with Gasteiger partial charge in [-0.1, -0.05) is 0 Å². The molecule has 0 aromatic heterocycles. The Balaban J connectivity index is 0.00000162. The van der Waals surface area contributed by atoms with E-state index < -0.39 is 0 Å². The Labute approximate surface area is 114 Å². The number of likely N-dealkylation sites (N-methyl/N-ethyl adjacent to an activating group) is 1. The number of nitrogen functional groups attached to an aromatic ring is 1. The molecular weight excluding hydrogens is 250 g/mol. The third-order valence-electron chi connectivity index (χ3n) is 3.28. The number of benzene rings is 1. The second-order valence-corrected chi connectivity index (χ2v) is 4.62. The van der Waals surface area contributed by atoms with E-state index in [1.165, 1.54) is 0 Å². The number of hydrogen-bond acceptors (Lipinski definition) is 4. The minimum absolute atomic E-state index is 0. The van der Waals surface area contributed by atoms with Crippen LogP contribution in [0.3, 0.4) is 0 Å². The second kappa shape index (κ2) is 6.07. The van der Waals surface area contributed by atoms with Crippen LogP contribution in [-0.4, -0.2) is 43.9 Å². The summed E-state index contributed by atoms with van der Waals surface area (Å²) in [7, 11) is 2.13. The van der Waals surface area contributed by atoms with Crippen LogP contribution < -0.4 is 10.6 Å². The molecule has 1 fully saturated rings. The molecular formula is C13H20ClN3O. The largest absolute Gasteiger partial charge is 0.398 e. The molecule has 1 heterocycles. The molecule has 2 N–H and O–H groups in total. The summed E-state index contributed by atoms with van der Waals surface area (Å²) in [5, 5.41) is 0. The fourth-order valence-electron chi connectivity index (χ4n) is 2.11. The van der Waals surface area contributed by atoms with Crippen molar-refractivity contribution >= 4 is 29.6 Å². The lowest BCUT2D eigenvalue weighted by molar-refractivity contribution is 0.101. The average Bonchev–Trinajstić information content (AvgIpc) is 2.30. The van der Waals surface area contributed by atoms with Crippen LogP contribution in [-0.2, 0) is 0 Å². The lowest BCUT2D eigenvalue weighted by Crippen LogP contribution is -2.44. The zero-order valence-corrected chi connectivity index (χ0v) is 11.7. The summed E-state index contributed by atoms with van der Waals surface area (Å²) in [6.07, 6.45) is 0. The van der Waals surface area contributed by atoms with Crippen molar-refractivity contribution in [1.29, 1.82) is 0 Å². The molecule has 1 aromatic rings. The highest BCUT2D eigenvalue weighted by molar-refractivity contribution is 6.00. The predicted molar refractivity (Wildman–Crippen MR) is 77.8 cm³/mol. The van der Waals surface area contributed by atoms with Crippen LogP contribution in [0.5, 0.6) is 0 Å². The van der Waals surface area contributed by atoms with Crippen molar-refractivity contribution in [2.24, 2.45) is 0 Å². The third kappa shape index (κ3) is 3.15. The molecule has 0 unspecified atom stereocenters. The minimum atomic E-state index is 0. The van der Waals surface area contributed by atoms with Crippen molar-refractivity contribution in [3.63, 3.8) is 0 Å². The first-order valence-corrected chi connectivity index (χ1v) is 5.92. The molecule has 1 aromatic carbocycles. The molecule has 0 saturated carbocycles. The highest BCUT2D eigenvalue weighted by Crippen LogP contribution is 2.22. The number of anilines is 2. The molecule has 0 spiro atoms. The van der Waals surface area contributed by atoms with E-state index in [2.05, 4.69) is 16.8 Å². The SMILES string of the molecule is CC(=O)c1cc(N2CCN(C)CC2)ccc1N.Cl. The van der Waals surface area contributed by atoms with Crippen molar-refractivity contribution in [3.05, 3.63) is 23.8 Å². The Morgan fingerprint density at radius 3 is 2.39 bits per heavy atom. The van der Waals surface area contributed by atoms with Crippen molar-refractivity contribution < 1.29 is 4.79 Å². The van der Waals surface area contributed by atoms with E-state index in [-0.39, 0.29) is 18.2 Å². The summed E-state index contributed by atoms with van der Waals surface area (Å²) in [4.78, 5) is 16.0. The summed E-state index contributed by atoms with van der Waals surface area (Å²) in [5.41, 5.74) is 8.08. The predicted octanol–water partition coefficient (Wildman–Crippen LogP) is 1.65. The van der Waals surface area contributed by atoms with Gasteiger partial charge < -0.3 is 15.5 Å². The Bertz CT molecular complexity index is 428. The number of rotatable bonds is 2. The smallest absolute Gasteiger partial charge is 0.161 e. The van der Waals surface area contributed by atoms with Gasteiger partial charge in [-0.3, -0.25) is 4.79 Å². The number of nitrogens with zero attached hydrogens (tertiary/aromatic N) is 2. The first-order chi connectivity index (χ1) is 8.08.